The van der Waals surface area contributed by atoms with Crippen molar-refractivity contribution >= 4 is 23.4 Å². The Hall–Kier alpha value is -2.60. The molecule has 2 N–H and O–H groups in total. The molecule has 0 radical (unpaired) electrons. The molecule has 0 aliphatic heterocycles. The van der Waals surface area contributed by atoms with Crippen molar-refractivity contribution in [2.75, 3.05) is 13.7 Å². The van der Waals surface area contributed by atoms with Crippen LogP contribution in [0.3, 0.4) is 0 Å². The van der Waals surface area contributed by atoms with Gasteiger partial charge in [0.25, 0.3) is 11.8 Å². The summed E-state index contributed by atoms with van der Waals surface area (Å²) in [6, 6.07) is 10.8. The van der Waals surface area contributed by atoms with Crippen molar-refractivity contribution < 1.29 is 18.7 Å². The highest BCUT2D eigenvalue weighted by Gasteiger charge is 2.19. The summed E-state index contributed by atoms with van der Waals surface area (Å²) in [6.45, 7) is -0.346. The lowest BCUT2D eigenvalue weighted by Gasteiger charge is -2.20. The molecule has 0 fully saturated rings. The third-order valence-corrected chi connectivity index (χ3v) is 3.65. The number of nitrogens with two attached hydrogens (primary N) is 1. The van der Waals surface area contributed by atoms with Gasteiger partial charge in [-0.2, -0.15) is 0 Å². The van der Waals surface area contributed by atoms with Crippen LogP contribution in [0.4, 0.5) is 4.39 Å². The van der Waals surface area contributed by atoms with Gasteiger partial charge in [-0.3, -0.25) is 9.59 Å². The molecule has 2 rings (SSSR count). The van der Waals surface area contributed by atoms with Crippen LogP contribution in [-0.4, -0.2) is 30.4 Å². The van der Waals surface area contributed by atoms with Crippen LogP contribution in [0.5, 0.6) is 5.75 Å². The molecule has 0 aliphatic rings. The third kappa shape index (κ3) is 4.23. The van der Waals surface area contributed by atoms with E-state index in [4.69, 9.17) is 22.1 Å². The lowest BCUT2D eigenvalue weighted by molar-refractivity contribution is -0.119. The third-order valence-electron chi connectivity index (χ3n) is 3.29. The number of ether oxygens (including phenoxy) is 1. The second kappa shape index (κ2) is 7.79. The van der Waals surface area contributed by atoms with Gasteiger partial charge in [0.2, 0.25) is 0 Å². The summed E-state index contributed by atoms with van der Waals surface area (Å²) in [5, 5.41) is 0.243. The van der Waals surface area contributed by atoms with Gasteiger partial charge in [0.1, 0.15) is 11.6 Å². The minimum Gasteiger partial charge on any atom is -0.483 e. The molecule has 0 aromatic heterocycles. The maximum atomic E-state index is 13.9. The SMILES string of the molecule is CN(Cc1c(F)cccc1Cl)C(=O)c1ccccc1OCC(N)=O. The lowest BCUT2D eigenvalue weighted by Crippen LogP contribution is -2.28. The number of hydrogen-bond acceptors (Lipinski definition) is 3. The van der Waals surface area contributed by atoms with Crippen LogP contribution in [0.15, 0.2) is 42.5 Å². The Balaban J connectivity index is 2.21. The van der Waals surface area contributed by atoms with Crippen molar-refractivity contribution in [3.63, 3.8) is 0 Å². The van der Waals surface area contributed by atoms with E-state index in [1.807, 2.05) is 0 Å². The minimum absolute atomic E-state index is 0.00546. The molecular weight excluding hydrogens is 335 g/mol. The van der Waals surface area contributed by atoms with Gasteiger partial charge in [-0.25, -0.2) is 4.39 Å². The van der Waals surface area contributed by atoms with Gasteiger partial charge in [0, 0.05) is 24.2 Å². The number of rotatable bonds is 6. The van der Waals surface area contributed by atoms with E-state index in [0.29, 0.717) is 0 Å². The maximum Gasteiger partial charge on any atom is 0.257 e. The van der Waals surface area contributed by atoms with E-state index >= 15 is 0 Å². The normalized spacial score (nSPS) is 10.3. The molecule has 5 nitrogen and oxygen atoms in total. The van der Waals surface area contributed by atoms with Crippen molar-refractivity contribution in [2.45, 2.75) is 6.54 Å². The first-order valence-corrected chi connectivity index (χ1v) is 7.46. The quantitative estimate of drug-likeness (QED) is 0.870. The first-order valence-electron chi connectivity index (χ1n) is 7.08. The minimum atomic E-state index is -0.649. The van der Waals surface area contributed by atoms with Gasteiger partial charge in [0.15, 0.2) is 6.61 Å². The number of nitrogens with zero attached hydrogens (tertiary/aromatic N) is 1. The average Bonchev–Trinajstić information content (AvgIpc) is 2.55. The standard InChI is InChI=1S/C17H16ClFN2O3/c1-21(9-12-13(18)6-4-7-14(12)19)17(23)11-5-2-3-8-15(11)24-10-16(20)22/h2-8H,9-10H2,1H3,(H2,20,22). The second-order valence-electron chi connectivity index (χ2n) is 5.11. The number of hydrogen-bond donors (Lipinski definition) is 1. The van der Waals surface area contributed by atoms with E-state index < -0.39 is 17.6 Å². The maximum absolute atomic E-state index is 13.9. The number of para-hydroxylation sites is 1. The summed E-state index contributed by atoms with van der Waals surface area (Å²) in [5.41, 5.74) is 5.52. The molecule has 7 heteroatoms. The molecule has 2 aromatic carbocycles. The van der Waals surface area contributed by atoms with Crippen molar-refractivity contribution in [2.24, 2.45) is 5.73 Å². The molecule has 0 aliphatic carbocycles. The lowest BCUT2D eigenvalue weighted by atomic mass is 10.1. The molecule has 24 heavy (non-hydrogen) atoms. The highest BCUT2D eigenvalue weighted by Crippen LogP contribution is 2.23. The summed E-state index contributed by atoms with van der Waals surface area (Å²) < 4.78 is 19.1. The van der Waals surface area contributed by atoms with Crippen molar-refractivity contribution in [3.05, 3.63) is 64.4 Å². The van der Waals surface area contributed by atoms with E-state index in [2.05, 4.69) is 0 Å². The summed E-state index contributed by atoms with van der Waals surface area (Å²) in [6.07, 6.45) is 0. The number of carbonyl (C=O) groups excluding carboxylic acids is 2. The van der Waals surface area contributed by atoms with Crippen molar-refractivity contribution in [1.29, 1.82) is 0 Å². The van der Waals surface area contributed by atoms with Gasteiger partial charge in [0.05, 0.1) is 5.56 Å². The number of carbonyl (C=O) groups is 2. The largest absolute Gasteiger partial charge is 0.483 e. The highest BCUT2D eigenvalue weighted by atomic mass is 35.5. The summed E-state index contributed by atoms with van der Waals surface area (Å²) in [7, 11) is 1.52. The van der Waals surface area contributed by atoms with Crippen LogP contribution >= 0.6 is 11.6 Å². The number of primary amides is 1. The zero-order valence-corrected chi connectivity index (χ0v) is 13.7. The van der Waals surface area contributed by atoms with E-state index in [1.54, 1.807) is 30.3 Å². The zero-order valence-electron chi connectivity index (χ0n) is 13.0. The van der Waals surface area contributed by atoms with Crippen LogP contribution in [0.2, 0.25) is 5.02 Å². The van der Waals surface area contributed by atoms with Crippen molar-refractivity contribution in [1.82, 2.24) is 4.90 Å². The van der Waals surface area contributed by atoms with E-state index in [9.17, 15) is 14.0 Å². The molecule has 2 aromatic rings. The van der Waals surface area contributed by atoms with Crippen molar-refractivity contribution in [3.8, 4) is 5.75 Å². The van der Waals surface area contributed by atoms with Gasteiger partial charge in [-0.05, 0) is 24.3 Å². The topological polar surface area (TPSA) is 72.6 Å². The molecule has 0 saturated carbocycles. The van der Waals surface area contributed by atoms with Gasteiger partial charge in [-0.15, -0.1) is 0 Å². The zero-order chi connectivity index (χ0) is 17.7. The Kier molecular flexibility index (Phi) is 5.76. The Bertz CT molecular complexity index is 747. The molecule has 0 saturated heterocycles. The fourth-order valence-corrected chi connectivity index (χ4v) is 2.34. The van der Waals surface area contributed by atoms with E-state index in [-0.39, 0.29) is 35.1 Å². The smallest absolute Gasteiger partial charge is 0.257 e. The summed E-state index contributed by atoms with van der Waals surface area (Å²) in [4.78, 5) is 24.8. The van der Waals surface area contributed by atoms with Crippen LogP contribution < -0.4 is 10.5 Å². The fourth-order valence-electron chi connectivity index (χ4n) is 2.12. The predicted molar refractivity (Wildman–Crippen MR) is 88.3 cm³/mol. The molecule has 0 atom stereocenters. The van der Waals surface area contributed by atoms with Gasteiger partial charge >= 0.3 is 0 Å². The second-order valence-corrected chi connectivity index (χ2v) is 5.52. The molecule has 2 amide bonds. The summed E-state index contributed by atoms with van der Waals surface area (Å²) in [5.74, 6) is -1.30. The molecule has 0 bridgehead atoms. The molecule has 0 heterocycles. The Labute approximate surface area is 143 Å². The first-order chi connectivity index (χ1) is 11.4. The van der Waals surface area contributed by atoms with Crippen LogP contribution in [0.25, 0.3) is 0 Å². The van der Waals surface area contributed by atoms with Gasteiger partial charge in [-0.1, -0.05) is 29.8 Å². The Morgan fingerprint density at radius 3 is 2.58 bits per heavy atom. The van der Waals surface area contributed by atoms with Crippen LogP contribution in [0, 0.1) is 5.82 Å². The highest BCUT2D eigenvalue weighted by molar-refractivity contribution is 6.31. The fraction of sp³-hybridized carbons (Fsp3) is 0.176. The number of amides is 2. The number of benzene rings is 2. The molecule has 126 valence electrons. The molecular formula is C17H16ClFN2O3. The van der Waals surface area contributed by atoms with E-state index in [1.165, 1.54) is 24.1 Å². The number of halogens is 2. The Morgan fingerprint density at radius 1 is 1.21 bits per heavy atom. The van der Waals surface area contributed by atoms with Crippen LogP contribution in [0.1, 0.15) is 15.9 Å². The Morgan fingerprint density at radius 2 is 1.92 bits per heavy atom. The molecule has 0 spiro atoms. The van der Waals surface area contributed by atoms with Gasteiger partial charge < -0.3 is 15.4 Å². The van der Waals surface area contributed by atoms with Crippen LogP contribution in [-0.2, 0) is 11.3 Å². The molecule has 0 unspecified atom stereocenters. The summed E-state index contributed by atoms with van der Waals surface area (Å²) >= 11 is 5.99. The first kappa shape index (κ1) is 17.7. The van der Waals surface area contributed by atoms with E-state index in [0.717, 1.165) is 0 Å². The predicted octanol–water partition coefficient (Wildman–Crippen LogP) is 2.62. The monoisotopic (exact) mass is 350 g/mol. The average molecular weight is 351 g/mol.